The van der Waals surface area contributed by atoms with Crippen molar-refractivity contribution >= 4 is 17.7 Å². The molecule has 1 rings (SSSR count). The molecule has 3 nitrogen and oxygen atoms in total. The van der Waals surface area contributed by atoms with Gasteiger partial charge in [0, 0.05) is 11.4 Å². The average Bonchev–Trinajstić information content (AvgIpc) is 2.34. The first kappa shape index (κ1) is 15.0. The number of hydrogen-bond donors (Lipinski definition) is 2. The molecule has 1 aromatic rings. The number of thioether (sulfide) groups is 1. The van der Waals surface area contributed by atoms with Gasteiger partial charge in [0.15, 0.2) is 0 Å². The molecule has 1 unspecified atom stereocenters. The van der Waals surface area contributed by atoms with Crippen LogP contribution in [-0.2, 0) is 4.79 Å². The average molecular weight is 271 g/mol. The van der Waals surface area contributed by atoms with Crippen molar-refractivity contribution in [2.45, 2.75) is 31.3 Å². The molecule has 0 saturated carbocycles. The first-order valence-electron chi connectivity index (χ1n) is 5.91. The van der Waals surface area contributed by atoms with E-state index in [0.717, 1.165) is 18.2 Å². The Bertz CT molecular complexity index is 410. The lowest BCUT2D eigenvalue weighted by molar-refractivity contribution is -0.118. The van der Waals surface area contributed by atoms with E-state index in [1.807, 2.05) is 6.92 Å². The maximum atomic E-state index is 13.6. The minimum Gasteiger partial charge on any atom is -0.389 e. The fourth-order valence-corrected chi connectivity index (χ4v) is 2.10. The summed E-state index contributed by atoms with van der Waals surface area (Å²) in [4.78, 5) is 11.8. The third kappa shape index (κ3) is 4.66. The number of carbonyl (C=O) groups is 1. The third-order valence-electron chi connectivity index (χ3n) is 2.37. The van der Waals surface area contributed by atoms with Crippen LogP contribution in [0, 0.1) is 5.82 Å². The molecule has 0 bridgehead atoms. The first-order chi connectivity index (χ1) is 8.54. The molecule has 1 aromatic carbocycles. The third-order valence-corrected chi connectivity index (χ3v) is 3.42. The van der Waals surface area contributed by atoms with Crippen LogP contribution in [0.5, 0.6) is 0 Å². The fraction of sp³-hybridized carbons (Fsp3) is 0.462. The minimum atomic E-state index is -0.689. The van der Waals surface area contributed by atoms with Crippen molar-refractivity contribution in [1.82, 2.24) is 5.32 Å². The van der Waals surface area contributed by atoms with Crippen LogP contribution in [0.15, 0.2) is 23.1 Å². The molecule has 0 aliphatic rings. The lowest BCUT2D eigenvalue weighted by Gasteiger charge is -2.08. The lowest BCUT2D eigenvalue weighted by Crippen LogP contribution is -2.25. The van der Waals surface area contributed by atoms with Gasteiger partial charge in [-0.3, -0.25) is 4.79 Å². The SMILES string of the molecule is CCCNC(=O)CSc1ccc(C(C)O)cc1F. The molecule has 5 heteroatoms. The molecule has 0 aromatic heterocycles. The molecular weight excluding hydrogens is 253 g/mol. The highest BCUT2D eigenvalue weighted by Crippen LogP contribution is 2.24. The van der Waals surface area contributed by atoms with E-state index in [1.165, 1.54) is 6.07 Å². The van der Waals surface area contributed by atoms with Gasteiger partial charge in [0.2, 0.25) is 5.91 Å². The topological polar surface area (TPSA) is 49.3 Å². The summed E-state index contributed by atoms with van der Waals surface area (Å²) >= 11 is 1.16. The van der Waals surface area contributed by atoms with Gasteiger partial charge >= 0.3 is 0 Å². The van der Waals surface area contributed by atoms with Crippen LogP contribution in [-0.4, -0.2) is 23.3 Å². The van der Waals surface area contributed by atoms with E-state index in [9.17, 15) is 14.3 Å². The Morgan fingerprint density at radius 1 is 1.56 bits per heavy atom. The molecule has 0 aliphatic heterocycles. The van der Waals surface area contributed by atoms with E-state index < -0.39 is 11.9 Å². The van der Waals surface area contributed by atoms with Crippen molar-refractivity contribution in [3.8, 4) is 0 Å². The van der Waals surface area contributed by atoms with Crippen LogP contribution in [0.2, 0.25) is 0 Å². The molecule has 100 valence electrons. The highest BCUT2D eigenvalue weighted by atomic mass is 32.2. The van der Waals surface area contributed by atoms with Crippen molar-refractivity contribution in [3.63, 3.8) is 0 Å². The summed E-state index contributed by atoms with van der Waals surface area (Å²) in [7, 11) is 0. The van der Waals surface area contributed by atoms with Gasteiger partial charge in [-0.25, -0.2) is 4.39 Å². The molecule has 0 fully saturated rings. The Balaban J connectivity index is 2.55. The summed E-state index contributed by atoms with van der Waals surface area (Å²) in [5, 5.41) is 12.0. The van der Waals surface area contributed by atoms with Crippen molar-refractivity contribution in [3.05, 3.63) is 29.6 Å². The van der Waals surface area contributed by atoms with E-state index in [4.69, 9.17) is 0 Å². The second-order valence-corrected chi connectivity index (χ2v) is 5.02. The van der Waals surface area contributed by atoms with Crippen LogP contribution in [0.1, 0.15) is 31.9 Å². The zero-order valence-electron chi connectivity index (χ0n) is 10.6. The lowest BCUT2D eigenvalue weighted by atomic mass is 10.1. The second kappa shape index (κ2) is 7.38. The molecule has 0 radical (unpaired) electrons. The number of rotatable bonds is 6. The highest BCUT2D eigenvalue weighted by molar-refractivity contribution is 8.00. The Hall–Kier alpha value is -1.07. The van der Waals surface area contributed by atoms with Crippen molar-refractivity contribution in [1.29, 1.82) is 0 Å². The molecule has 0 spiro atoms. The molecule has 0 saturated heterocycles. The number of aliphatic hydroxyl groups is 1. The van der Waals surface area contributed by atoms with Crippen LogP contribution in [0.4, 0.5) is 4.39 Å². The molecule has 1 atom stereocenters. The number of hydrogen-bond acceptors (Lipinski definition) is 3. The summed E-state index contributed by atoms with van der Waals surface area (Å²) in [5.41, 5.74) is 0.535. The van der Waals surface area contributed by atoms with Crippen LogP contribution < -0.4 is 5.32 Å². The van der Waals surface area contributed by atoms with Crippen LogP contribution in [0.3, 0.4) is 0 Å². The van der Waals surface area contributed by atoms with Crippen LogP contribution in [0.25, 0.3) is 0 Å². The van der Waals surface area contributed by atoms with E-state index in [-0.39, 0.29) is 11.7 Å². The Morgan fingerprint density at radius 3 is 2.83 bits per heavy atom. The van der Waals surface area contributed by atoms with Gasteiger partial charge < -0.3 is 10.4 Å². The molecule has 1 amide bonds. The molecule has 2 N–H and O–H groups in total. The van der Waals surface area contributed by atoms with Gasteiger partial charge in [-0.2, -0.15) is 0 Å². The molecule has 18 heavy (non-hydrogen) atoms. The van der Waals surface area contributed by atoms with Crippen molar-refractivity contribution < 1.29 is 14.3 Å². The highest BCUT2D eigenvalue weighted by Gasteiger charge is 2.09. The van der Waals surface area contributed by atoms with E-state index in [0.29, 0.717) is 17.0 Å². The number of nitrogens with one attached hydrogen (secondary N) is 1. The molecular formula is C13H18FNO2S. The first-order valence-corrected chi connectivity index (χ1v) is 6.90. The zero-order chi connectivity index (χ0) is 13.5. The number of amides is 1. The number of benzene rings is 1. The predicted molar refractivity (Wildman–Crippen MR) is 71.1 cm³/mol. The Morgan fingerprint density at radius 2 is 2.28 bits per heavy atom. The van der Waals surface area contributed by atoms with Gasteiger partial charge in [-0.15, -0.1) is 11.8 Å². The van der Waals surface area contributed by atoms with E-state index in [1.54, 1.807) is 19.1 Å². The van der Waals surface area contributed by atoms with Crippen molar-refractivity contribution in [2.24, 2.45) is 0 Å². The monoisotopic (exact) mass is 271 g/mol. The van der Waals surface area contributed by atoms with Crippen LogP contribution >= 0.6 is 11.8 Å². The van der Waals surface area contributed by atoms with Gasteiger partial charge in [-0.05, 0) is 31.0 Å². The fourth-order valence-electron chi connectivity index (χ4n) is 1.35. The predicted octanol–water partition coefficient (Wildman–Crippen LogP) is 2.50. The van der Waals surface area contributed by atoms with E-state index >= 15 is 0 Å². The van der Waals surface area contributed by atoms with Gasteiger partial charge in [0.05, 0.1) is 11.9 Å². The minimum absolute atomic E-state index is 0.0964. The largest absolute Gasteiger partial charge is 0.389 e. The van der Waals surface area contributed by atoms with Gasteiger partial charge in [-0.1, -0.05) is 13.0 Å². The standard InChI is InChI=1S/C13H18FNO2S/c1-3-6-15-13(17)8-18-12-5-4-10(9(2)16)7-11(12)14/h4-5,7,9,16H,3,6,8H2,1-2H3,(H,15,17). The Labute approximate surface area is 111 Å². The van der Waals surface area contributed by atoms with E-state index in [2.05, 4.69) is 5.32 Å². The summed E-state index contributed by atoms with van der Waals surface area (Å²) in [6, 6.07) is 4.56. The number of halogens is 1. The van der Waals surface area contributed by atoms with Gasteiger partial charge in [0.1, 0.15) is 5.82 Å². The zero-order valence-corrected chi connectivity index (χ0v) is 11.4. The molecule has 0 heterocycles. The normalized spacial score (nSPS) is 12.2. The van der Waals surface area contributed by atoms with Gasteiger partial charge in [0.25, 0.3) is 0 Å². The summed E-state index contributed by atoms with van der Waals surface area (Å²) < 4.78 is 13.6. The summed E-state index contributed by atoms with van der Waals surface area (Å²) in [6.07, 6.45) is 0.194. The maximum absolute atomic E-state index is 13.6. The number of aliphatic hydroxyl groups excluding tert-OH is 1. The maximum Gasteiger partial charge on any atom is 0.230 e. The molecule has 0 aliphatic carbocycles. The van der Waals surface area contributed by atoms with Crippen molar-refractivity contribution in [2.75, 3.05) is 12.3 Å². The summed E-state index contributed by atoms with van der Waals surface area (Å²) in [6.45, 7) is 4.20. The Kier molecular flexibility index (Phi) is 6.15. The second-order valence-electron chi connectivity index (χ2n) is 4.00. The summed E-state index contributed by atoms with van der Waals surface area (Å²) in [5.74, 6) is -0.298. The quantitative estimate of drug-likeness (QED) is 0.782. The number of carbonyl (C=O) groups excluding carboxylic acids is 1. The smallest absolute Gasteiger partial charge is 0.230 e.